The zero-order valence-electron chi connectivity index (χ0n) is 11.7. The van der Waals surface area contributed by atoms with Crippen LogP contribution >= 0.6 is 15.9 Å². The summed E-state index contributed by atoms with van der Waals surface area (Å²) in [4.78, 5) is 0. The van der Waals surface area contributed by atoms with Gasteiger partial charge in [0.2, 0.25) is 0 Å². The topological polar surface area (TPSA) is 38.0 Å². The fourth-order valence-electron chi connectivity index (χ4n) is 2.94. The van der Waals surface area contributed by atoms with Crippen LogP contribution in [-0.4, -0.2) is 14.9 Å². The number of halogens is 2. The lowest BCUT2D eigenvalue weighted by Gasteiger charge is -2.12. The fraction of sp³-hybridized carbons (Fsp3) is 0.438. The van der Waals surface area contributed by atoms with Gasteiger partial charge in [-0.1, -0.05) is 34.8 Å². The number of rotatable bonds is 4. The molecule has 0 saturated heterocycles. The van der Waals surface area contributed by atoms with Crippen molar-refractivity contribution < 1.29 is 9.50 Å². The van der Waals surface area contributed by atoms with Crippen LogP contribution < -0.4 is 0 Å². The van der Waals surface area contributed by atoms with Crippen molar-refractivity contribution in [3.05, 3.63) is 52.0 Å². The summed E-state index contributed by atoms with van der Waals surface area (Å²) >= 11 is 3.22. The second-order valence-corrected chi connectivity index (χ2v) is 6.53. The van der Waals surface area contributed by atoms with Crippen LogP contribution in [0.3, 0.4) is 0 Å². The Morgan fingerprint density at radius 2 is 2.10 bits per heavy atom. The van der Waals surface area contributed by atoms with Crippen molar-refractivity contribution in [2.45, 2.75) is 44.2 Å². The summed E-state index contributed by atoms with van der Waals surface area (Å²) in [6.07, 6.45) is 6.29. The third-order valence-electron chi connectivity index (χ3n) is 4.09. The molecule has 112 valence electrons. The van der Waals surface area contributed by atoms with E-state index in [1.807, 2.05) is 16.9 Å². The highest BCUT2D eigenvalue weighted by Gasteiger charge is 2.19. The first-order valence-corrected chi connectivity index (χ1v) is 8.10. The van der Waals surface area contributed by atoms with Gasteiger partial charge >= 0.3 is 0 Å². The number of nitrogens with zero attached hydrogens (tertiary/aromatic N) is 2. The Morgan fingerprint density at radius 3 is 2.81 bits per heavy atom. The maximum absolute atomic E-state index is 13.8. The Labute approximate surface area is 131 Å². The highest BCUT2D eigenvalue weighted by Crippen LogP contribution is 2.29. The van der Waals surface area contributed by atoms with Gasteiger partial charge in [-0.2, -0.15) is 5.10 Å². The number of aliphatic hydroxyl groups excluding tert-OH is 1. The molecule has 0 spiro atoms. The summed E-state index contributed by atoms with van der Waals surface area (Å²) < 4.78 is 16.5. The van der Waals surface area contributed by atoms with Crippen LogP contribution in [0.15, 0.2) is 34.9 Å². The van der Waals surface area contributed by atoms with Gasteiger partial charge in [0.1, 0.15) is 5.82 Å². The van der Waals surface area contributed by atoms with Crippen LogP contribution in [0.2, 0.25) is 0 Å². The van der Waals surface area contributed by atoms with Crippen molar-refractivity contribution >= 4 is 15.9 Å². The van der Waals surface area contributed by atoms with E-state index in [4.69, 9.17) is 0 Å². The summed E-state index contributed by atoms with van der Waals surface area (Å²) in [7, 11) is 0. The Kier molecular flexibility index (Phi) is 4.40. The summed E-state index contributed by atoms with van der Waals surface area (Å²) in [5.41, 5.74) is 1.12. The molecule has 1 fully saturated rings. The Bertz CT molecular complexity index is 622. The molecular weight excluding hydrogens is 335 g/mol. The lowest BCUT2D eigenvalue weighted by molar-refractivity contribution is 0.172. The first kappa shape index (κ1) is 14.7. The smallest absolute Gasteiger partial charge is 0.130 e. The molecular formula is C16H18BrFN2O. The number of hydrogen-bond donors (Lipinski definition) is 1. The molecule has 1 saturated carbocycles. The van der Waals surface area contributed by atoms with Crippen LogP contribution in [0.25, 0.3) is 0 Å². The molecule has 1 heterocycles. The number of benzene rings is 1. The van der Waals surface area contributed by atoms with E-state index in [9.17, 15) is 9.50 Å². The zero-order valence-corrected chi connectivity index (χ0v) is 13.3. The van der Waals surface area contributed by atoms with Gasteiger partial charge in [-0.3, -0.25) is 4.68 Å². The summed E-state index contributed by atoms with van der Waals surface area (Å²) in [5.74, 6) is -0.396. The fourth-order valence-corrected chi connectivity index (χ4v) is 3.27. The minimum absolute atomic E-state index is 0.314. The van der Waals surface area contributed by atoms with Crippen molar-refractivity contribution in [2.75, 3.05) is 0 Å². The molecule has 1 N–H and O–H groups in total. The van der Waals surface area contributed by atoms with Crippen LogP contribution in [-0.2, 0) is 6.42 Å². The molecule has 1 aromatic carbocycles. The quantitative estimate of drug-likeness (QED) is 0.896. The molecule has 0 bridgehead atoms. The van der Waals surface area contributed by atoms with E-state index in [-0.39, 0.29) is 0 Å². The van der Waals surface area contributed by atoms with E-state index in [2.05, 4.69) is 21.0 Å². The van der Waals surface area contributed by atoms with Crippen LogP contribution in [0, 0.1) is 5.82 Å². The third kappa shape index (κ3) is 3.35. The molecule has 3 nitrogen and oxygen atoms in total. The van der Waals surface area contributed by atoms with Crippen molar-refractivity contribution in [2.24, 2.45) is 0 Å². The molecule has 0 aliphatic heterocycles. The minimum Gasteiger partial charge on any atom is -0.388 e. The molecule has 1 aliphatic rings. The largest absolute Gasteiger partial charge is 0.388 e. The van der Waals surface area contributed by atoms with Gasteiger partial charge in [-0.15, -0.1) is 0 Å². The number of hydrogen-bond acceptors (Lipinski definition) is 2. The van der Waals surface area contributed by atoms with Gasteiger partial charge < -0.3 is 5.11 Å². The molecule has 2 aromatic rings. The lowest BCUT2D eigenvalue weighted by atomic mass is 10.0. The molecule has 1 atom stereocenters. The molecule has 5 heteroatoms. The van der Waals surface area contributed by atoms with Gasteiger partial charge in [0.15, 0.2) is 0 Å². The number of aromatic nitrogens is 2. The van der Waals surface area contributed by atoms with Gasteiger partial charge in [0, 0.05) is 22.7 Å². The highest BCUT2D eigenvalue weighted by molar-refractivity contribution is 9.10. The van der Waals surface area contributed by atoms with E-state index in [1.165, 1.54) is 31.7 Å². The van der Waals surface area contributed by atoms with E-state index in [0.29, 0.717) is 22.5 Å². The summed E-state index contributed by atoms with van der Waals surface area (Å²) in [6, 6.07) is 7.12. The van der Waals surface area contributed by atoms with Crippen molar-refractivity contribution in [3.63, 3.8) is 0 Å². The predicted molar refractivity (Wildman–Crippen MR) is 82.5 cm³/mol. The number of aliphatic hydroxyl groups is 1. The molecule has 1 unspecified atom stereocenters. The molecule has 1 aliphatic carbocycles. The Balaban J connectivity index is 1.70. The molecule has 0 amide bonds. The minimum atomic E-state index is -0.870. The Morgan fingerprint density at radius 1 is 1.33 bits per heavy atom. The average Bonchev–Trinajstić information content (AvgIpc) is 3.08. The standard InChI is InChI=1S/C16H18BrFN2O/c17-11-5-6-14(15(18)9-11)16(21)10-12-7-8-20(19-12)13-3-1-2-4-13/h5-9,13,16,21H,1-4,10H2. The summed E-state index contributed by atoms with van der Waals surface area (Å²) in [6.45, 7) is 0. The van der Waals surface area contributed by atoms with Crippen LogP contribution in [0.1, 0.15) is 49.1 Å². The SMILES string of the molecule is OC(Cc1ccn(C2CCCC2)n1)c1ccc(Br)cc1F. The second-order valence-electron chi connectivity index (χ2n) is 5.61. The highest BCUT2D eigenvalue weighted by atomic mass is 79.9. The lowest BCUT2D eigenvalue weighted by Crippen LogP contribution is -2.08. The zero-order chi connectivity index (χ0) is 14.8. The van der Waals surface area contributed by atoms with Gasteiger partial charge in [-0.05, 0) is 31.0 Å². The van der Waals surface area contributed by atoms with Crippen molar-refractivity contribution in [1.82, 2.24) is 9.78 Å². The average molecular weight is 353 g/mol. The van der Waals surface area contributed by atoms with Crippen molar-refractivity contribution in [1.29, 1.82) is 0 Å². The van der Waals surface area contributed by atoms with E-state index >= 15 is 0 Å². The molecule has 1 aromatic heterocycles. The third-order valence-corrected chi connectivity index (χ3v) is 4.58. The molecule has 21 heavy (non-hydrogen) atoms. The second kappa shape index (κ2) is 6.28. The van der Waals surface area contributed by atoms with Crippen LogP contribution in [0.5, 0.6) is 0 Å². The monoisotopic (exact) mass is 352 g/mol. The van der Waals surface area contributed by atoms with Crippen molar-refractivity contribution in [3.8, 4) is 0 Å². The first-order chi connectivity index (χ1) is 10.1. The van der Waals surface area contributed by atoms with E-state index in [0.717, 1.165) is 5.69 Å². The maximum atomic E-state index is 13.8. The normalized spacial score (nSPS) is 17.3. The molecule has 3 rings (SSSR count). The summed E-state index contributed by atoms with van der Waals surface area (Å²) in [5, 5.41) is 14.7. The van der Waals surface area contributed by atoms with Gasteiger partial charge in [0.25, 0.3) is 0 Å². The van der Waals surface area contributed by atoms with E-state index < -0.39 is 11.9 Å². The predicted octanol–water partition coefficient (Wildman–Crippen LogP) is 4.18. The maximum Gasteiger partial charge on any atom is 0.130 e. The van der Waals surface area contributed by atoms with Gasteiger partial charge in [0.05, 0.1) is 17.8 Å². The van der Waals surface area contributed by atoms with Crippen LogP contribution in [0.4, 0.5) is 4.39 Å². The van der Waals surface area contributed by atoms with Gasteiger partial charge in [-0.25, -0.2) is 4.39 Å². The molecule has 0 radical (unpaired) electrons. The first-order valence-electron chi connectivity index (χ1n) is 7.30. The van der Waals surface area contributed by atoms with E-state index in [1.54, 1.807) is 12.1 Å². The Hall–Kier alpha value is -1.20.